The highest BCUT2D eigenvalue weighted by Crippen LogP contribution is 2.18. The van der Waals surface area contributed by atoms with Gasteiger partial charge in [0.05, 0.1) is 11.4 Å². The third kappa shape index (κ3) is 3.08. The Hall–Kier alpha value is -2.07. The molecule has 0 saturated heterocycles. The summed E-state index contributed by atoms with van der Waals surface area (Å²) in [4.78, 5) is 4.55. The molecule has 4 heteroatoms. The Bertz CT molecular complexity index is 645. The minimum Gasteiger partial charge on any atom is -0.255 e. The number of nitrogens with zero attached hydrogens (tertiary/aromatic N) is 2. The molecule has 1 aliphatic heterocycles. The highest BCUT2D eigenvalue weighted by Gasteiger charge is 2.12. The Balaban J connectivity index is 1.74. The number of amidine groups is 1. The summed E-state index contributed by atoms with van der Waals surface area (Å²) in [6.07, 6.45) is 0. The fourth-order valence-electron chi connectivity index (χ4n) is 1.89. The summed E-state index contributed by atoms with van der Waals surface area (Å²) >= 11 is 1.67. The predicted molar refractivity (Wildman–Crippen MR) is 86.8 cm³/mol. The first-order valence-electron chi connectivity index (χ1n) is 6.47. The van der Waals surface area contributed by atoms with Crippen molar-refractivity contribution in [2.24, 2.45) is 10.1 Å². The van der Waals surface area contributed by atoms with Crippen LogP contribution < -0.4 is 5.43 Å². The van der Waals surface area contributed by atoms with E-state index >= 15 is 0 Å². The number of hydrogen-bond donors (Lipinski definition) is 1. The van der Waals surface area contributed by atoms with Crippen LogP contribution in [0.5, 0.6) is 0 Å². The van der Waals surface area contributed by atoms with Crippen LogP contribution in [0.2, 0.25) is 0 Å². The number of aliphatic imine (C=N–C) groups is 1. The van der Waals surface area contributed by atoms with Gasteiger partial charge in [0.25, 0.3) is 0 Å². The molecule has 1 heterocycles. The van der Waals surface area contributed by atoms with Gasteiger partial charge in [-0.1, -0.05) is 59.8 Å². The summed E-state index contributed by atoms with van der Waals surface area (Å²) in [7, 11) is 0. The second-order valence-corrected chi connectivity index (χ2v) is 5.54. The van der Waals surface area contributed by atoms with Crippen LogP contribution in [0.3, 0.4) is 0 Å². The van der Waals surface area contributed by atoms with Crippen molar-refractivity contribution >= 4 is 28.3 Å². The number of thioether (sulfide) groups is 1. The van der Waals surface area contributed by atoms with Crippen LogP contribution >= 0.6 is 11.8 Å². The molecule has 0 spiro atoms. The fourth-order valence-corrected chi connectivity index (χ4v) is 2.67. The van der Waals surface area contributed by atoms with E-state index in [1.54, 1.807) is 11.8 Å². The molecule has 1 N–H and O–H groups in total. The van der Waals surface area contributed by atoms with Gasteiger partial charge in [0.15, 0.2) is 5.17 Å². The summed E-state index contributed by atoms with van der Waals surface area (Å²) in [5.41, 5.74) is 7.43. The summed E-state index contributed by atoms with van der Waals surface area (Å²) in [6, 6.07) is 18.4. The van der Waals surface area contributed by atoms with Gasteiger partial charge in [-0.3, -0.25) is 5.43 Å². The summed E-state index contributed by atoms with van der Waals surface area (Å²) < 4.78 is 0. The van der Waals surface area contributed by atoms with Crippen molar-refractivity contribution < 1.29 is 0 Å². The quantitative estimate of drug-likeness (QED) is 0.910. The smallest absolute Gasteiger partial charge is 0.182 e. The zero-order chi connectivity index (χ0) is 13.8. The van der Waals surface area contributed by atoms with E-state index in [4.69, 9.17) is 0 Å². The van der Waals surface area contributed by atoms with Crippen LogP contribution in [0, 0.1) is 6.92 Å². The molecule has 3 nitrogen and oxygen atoms in total. The van der Waals surface area contributed by atoms with Crippen molar-refractivity contribution in [2.75, 3.05) is 5.75 Å². The summed E-state index contributed by atoms with van der Waals surface area (Å²) in [6.45, 7) is 2.07. The van der Waals surface area contributed by atoms with Crippen LogP contribution in [0.25, 0.3) is 0 Å². The lowest BCUT2D eigenvalue weighted by molar-refractivity contribution is 1.03. The highest BCUT2D eigenvalue weighted by atomic mass is 32.2. The molecule has 0 bridgehead atoms. The van der Waals surface area contributed by atoms with E-state index in [1.807, 2.05) is 30.3 Å². The molecule has 0 atom stereocenters. The zero-order valence-electron chi connectivity index (χ0n) is 11.2. The fraction of sp³-hybridized carbons (Fsp3) is 0.125. The van der Waals surface area contributed by atoms with Gasteiger partial charge < -0.3 is 0 Å². The molecule has 100 valence electrons. The molecule has 0 unspecified atom stereocenters. The third-order valence-electron chi connectivity index (χ3n) is 3.00. The average Bonchev–Trinajstić information content (AvgIpc) is 2.51. The number of hydrazone groups is 1. The van der Waals surface area contributed by atoms with E-state index in [9.17, 15) is 0 Å². The van der Waals surface area contributed by atoms with E-state index in [1.165, 1.54) is 5.56 Å². The van der Waals surface area contributed by atoms with Crippen molar-refractivity contribution in [3.63, 3.8) is 0 Å². The van der Waals surface area contributed by atoms with Crippen LogP contribution in [-0.4, -0.2) is 16.6 Å². The largest absolute Gasteiger partial charge is 0.255 e. The Kier molecular flexibility index (Phi) is 3.83. The first kappa shape index (κ1) is 12.9. The van der Waals surface area contributed by atoms with E-state index < -0.39 is 0 Å². The minimum atomic E-state index is 0.835. The van der Waals surface area contributed by atoms with Crippen LogP contribution in [0.4, 0.5) is 5.69 Å². The molecule has 0 fully saturated rings. The van der Waals surface area contributed by atoms with Gasteiger partial charge in [0.1, 0.15) is 0 Å². The number of hydrogen-bond acceptors (Lipinski definition) is 3. The van der Waals surface area contributed by atoms with Gasteiger partial charge in [-0.15, -0.1) is 0 Å². The highest BCUT2D eigenvalue weighted by molar-refractivity contribution is 8.14. The van der Waals surface area contributed by atoms with Gasteiger partial charge in [0, 0.05) is 5.75 Å². The van der Waals surface area contributed by atoms with Gasteiger partial charge in [-0.2, -0.15) is 5.10 Å². The van der Waals surface area contributed by atoms with Gasteiger partial charge >= 0.3 is 0 Å². The Labute approximate surface area is 122 Å². The molecule has 0 aromatic heterocycles. The molecule has 0 radical (unpaired) electrons. The van der Waals surface area contributed by atoms with Crippen LogP contribution in [-0.2, 0) is 0 Å². The Morgan fingerprint density at radius 1 is 1.05 bits per heavy atom. The maximum atomic E-state index is 4.55. The van der Waals surface area contributed by atoms with Crippen molar-refractivity contribution in [2.45, 2.75) is 6.92 Å². The second-order valence-electron chi connectivity index (χ2n) is 4.58. The Morgan fingerprint density at radius 3 is 2.45 bits per heavy atom. The van der Waals surface area contributed by atoms with Crippen LogP contribution in [0.15, 0.2) is 64.7 Å². The maximum absolute atomic E-state index is 4.55. The van der Waals surface area contributed by atoms with E-state index in [-0.39, 0.29) is 0 Å². The monoisotopic (exact) mass is 281 g/mol. The average molecular weight is 281 g/mol. The van der Waals surface area contributed by atoms with E-state index in [0.29, 0.717) is 0 Å². The second kappa shape index (κ2) is 5.92. The van der Waals surface area contributed by atoms with E-state index in [0.717, 1.165) is 27.9 Å². The van der Waals surface area contributed by atoms with Gasteiger partial charge in [-0.05, 0) is 24.6 Å². The number of benzene rings is 2. The predicted octanol–water partition coefficient (Wildman–Crippen LogP) is 3.72. The molecule has 0 amide bonds. The lowest BCUT2D eigenvalue weighted by atomic mass is 10.1. The normalized spacial score (nSPS) is 16.6. The van der Waals surface area contributed by atoms with Gasteiger partial charge in [-0.25, -0.2) is 4.99 Å². The molecule has 3 rings (SSSR count). The molecule has 0 saturated carbocycles. The number of rotatable bonds is 2. The van der Waals surface area contributed by atoms with Crippen molar-refractivity contribution in [1.82, 2.24) is 5.43 Å². The van der Waals surface area contributed by atoms with Crippen molar-refractivity contribution in [3.8, 4) is 0 Å². The zero-order valence-corrected chi connectivity index (χ0v) is 12.0. The van der Waals surface area contributed by atoms with E-state index in [2.05, 4.69) is 46.7 Å². The maximum Gasteiger partial charge on any atom is 0.182 e. The van der Waals surface area contributed by atoms with Crippen molar-refractivity contribution in [1.29, 1.82) is 0 Å². The first-order valence-corrected chi connectivity index (χ1v) is 7.46. The summed E-state index contributed by atoms with van der Waals surface area (Å²) in [5.74, 6) is 0.835. The van der Waals surface area contributed by atoms with Crippen LogP contribution in [0.1, 0.15) is 11.1 Å². The minimum absolute atomic E-state index is 0.835. The Morgan fingerprint density at radius 2 is 1.80 bits per heavy atom. The molecule has 0 aliphatic carbocycles. The lowest BCUT2D eigenvalue weighted by Crippen LogP contribution is -2.25. The summed E-state index contributed by atoms with van der Waals surface area (Å²) in [5, 5.41) is 5.25. The molecule has 1 aliphatic rings. The van der Waals surface area contributed by atoms with Gasteiger partial charge in [0.2, 0.25) is 0 Å². The number of nitrogens with one attached hydrogen (secondary N) is 1. The van der Waals surface area contributed by atoms with Crippen molar-refractivity contribution in [3.05, 3.63) is 65.7 Å². The topological polar surface area (TPSA) is 36.8 Å². The molecular weight excluding hydrogens is 266 g/mol. The molecular formula is C16H15N3S. The molecule has 2 aromatic carbocycles. The third-order valence-corrected chi connectivity index (χ3v) is 3.88. The standard InChI is InChI=1S/C16H15N3S/c1-12-7-9-14(10-8-12)17-16-19-18-15(11-20-16)13-5-3-2-4-6-13/h2-10H,11H2,1H3,(H,17,19). The molecule has 20 heavy (non-hydrogen) atoms. The molecule has 2 aromatic rings. The lowest BCUT2D eigenvalue weighted by Gasteiger charge is -2.14. The SMILES string of the molecule is Cc1ccc(N=C2NN=C(c3ccccc3)CS2)cc1. The first-order chi connectivity index (χ1) is 9.81. The number of aryl methyl sites for hydroxylation is 1.